The van der Waals surface area contributed by atoms with E-state index in [2.05, 4.69) is 24.4 Å². The molecule has 4 fully saturated rings. The first kappa shape index (κ1) is 67.2. The number of aliphatic hydroxyl groups is 2. The van der Waals surface area contributed by atoms with E-state index >= 15 is 9.59 Å². The van der Waals surface area contributed by atoms with E-state index in [-0.39, 0.29) is 48.5 Å². The maximum atomic E-state index is 15.9. The predicted octanol–water partition coefficient (Wildman–Crippen LogP) is 10.7. The number of allylic oxidation sites excluding steroid dienone is 2. The fourth-order valence-corrected chi connectivity index (χ4v) is 13.7. The molecule has 1 amide bonds. The van der Waals surface area contributed by atoms with E-state index in [1.807, 2.05) is 0 Å². The van der Waals surface area contributed by atoms with Gasteiger partial charge in [-0.25, -0.2) is 14.4 Å². The minimum Gasteiger partial charge on any atom is -0.455 e. The number of carbonyl (C=O) groups is 7. The first-order valence-corrected chi connectivity index (χ1v) is 31.4. The number of hydrogen-bond acceptors (Lipinski definition) is 18. The third-order valence-electron chi connectivity index (χ3n) is 18.6. The van der Waals surface area contributed by atoms with Gasteiger partial charge in [-0.3, -0.25) is 19.2 Å². The highest BCUT2D eigenvalue weighted by molar-refractivity contribution is 5.96. The second kappa shape index (κ2) is 30.2. The van der Waals surface area contributed by atoms with E-state index in [0.29, 0.717) is 12.0 Å². The van der Waals surface area contributed by atoms with Gasteiger partial charge in [0, 0.05) is 37.7 Å². The van der Waals surface area contributed by atoms with E-state index in [4.69, 9.17) is 42.6 Å². The van der Waals surface area contributed by atoms with Crippen LogP contribution >= 0.6 is 0 Å². The quantitative estimate of drug-likeness (QED) is 0.0264. The van der Waals surface area contributed by atoms with Crippen molar-refractivity contribution in [1.29, 1.82) is 0 Å². The Labute approximate surface area is 516 Å². The molecule has 2 bridgehead atoms. The van der Waals surface area contributed by atoms with Crippen LogP contribution in [0, 0.1) is 16.7 Å². The van der Waals surface area contributed by atoms with Crippen LogP contribution in [0.2, 0.25) is 0 Å². The molecule has 2 unspecified atom stereocenters. The van der Waals surface area contributed by atoms with Gasteiger partial charge >= 0.3 is 30.0 Å². The standard InChI is InChI=1S/C69H89NO18/c1-8-9-10-11-12-13-14-15-16-17-18-19-20-21-31-38-54-80-41-50(84-54)42-81-65(78)86-58(56(47-32-25-22-26-33-47)70-62(75)48-34-27-23-28-35-48)64(77)85-51-40-69(79)61(87-63(76)49-36-29-24-30-37-49)59-67(7,52(73)39-53-68(59,43-82-53)88-46(4)72)60(74)57(83-45(3)71)55(44(51)2)66(69,5)6/h15-16,22-30,32-37,50-54,56-59,61,73,79H,8-14,17-21,31,38-43H2,1-7H3,(H,70,75)/b16-15-/t50?,51-,52-,53+,54?,56-,57+,58+,59-,61-,67+,68-,69+/m0/s1. The predicted molar refractivity (Wildman–Crippen MR) is 322 cm³/mol. The Kier molecular flexibility index (Phi) is 23.0. The van der Waals surface area contributed by atoms with Crippen LogP contribution in [0.1, 0.15) is 184 Å². The molecule has 19 nitrogen and oxygen atoms in total. The number of ether oxygens (including phenoxy) is 9. The summed E-state index contributed by atoms with van der Waals surface area (Å²) in [5.41, 5.74) is -7.59. The summed E-state index contributed by atoms with van der Waals surface area (Å²) >= 11 is 0. The third kappa shape index (κ3) is 15.1. The van der Waals surface area contributed by atoms with Crippen LogP contribution in [0.5, 0.6) is 0 Å². The number of Topliss-reactive ketones (excluding diaryl/α,β-unsaturated/α-hetero) is 1. The Balaban J connectivity index is 1.06. The molecule has 2 aliphatic heterocycles. The molecule has 8 rings (SSSR count). The summed E-state index contributed by atoms with van der Waals surface area (Å²) in [6, 6.07) is 22.7. The topological polar surface area (TPSA) is 255 Å². The zero-order valence-electron chi connectivity index (χ0n) is 51.9. The Morgan fingerprint density at radius 2 is 1.35 bits per heavy atom. The number of ketones is 1. The average Bonchev–Trinajstić information content (AvgIpc) is 0.817. The van der Waals surface area contributed by atoms with Crippen molar-refractivity contribution in [2.45, 2.75) is 217 Å². The number of fused-ring (bicyclic) bond motifs is 5. The molecule has 3 aliphatic carbocycles. The van der Waals surface area contributed by atoms with Crippen LogP contribution in [0.25, 0.3) is 0 Å². The number of rotatable bonds is 28. The van der Waals surface area contributed by atoms with Crippen molar-refractivity contribution in [3.05, 3.63) is 131 Å². The van der Waals surface area contributed by atoms with Crippen molar-refractivity contribution in [1.82, 2.24) is 5.32 Å². The molecule has 3 N–H and O–H groups in total. The van der Waals surface area contributed by atoms with Gasteiger partial charge in [0.15, 0.2) is 23.8 Å². The lowest BCUT2D eigenvalue weighted by Gasteiger charge is -2.67. The van der Waals surface area contributed by atoms with Crippen LogP contribution in [-0.2, 0) is 61.8 Å². The molecule has 2 saturated carbocycles. The molecule has 13 atom stereocenters. The van der Waals surface area contributed by atoms with Crippen LogP contribution < -0.4 is 5.32 Å². The third-order valence-corrected chi connectivity index (χ3v) is 18.6. The monoisotopic (exact) mass is 1220 g/mol. The molecular weight excluding hydrogens is 1130 g/mol. The van der Waals surface area contributed by atoms with Gasteiger partial charge in [0.2, 0.25) is 6.10 Å². The number of aliphatic hydroxyl groups excluding tert-OH is 1. The summed E-state index contributed by atoms with van der Waals surface area (Å²) in [7, 11) is 0. The van der Waals surface area contributed by atoms with Gasteiger partial charge < -0.3 is 58.2 Å². The molecule has 3 aromatic carbocycles. The Morgan fingerprint density at radius 3 is 1.95 bits per heavy atom. The van der Waals surface area contributed by atoms with Gasteiger partial charge in [-0.1, -0.05) is 151 Å². The normalized spacial score (nSPS) is 28.5. The number of hydrogen-bond donors (Lipinski definition) is 3. The molecule has 3 aromatic rings. The molecule has 5 aliphatic rings. The summed E-state index contributed by atoms with van der Waals surface area (Å²) in [6.07, 6.45) is 6.99. The van der Waals surface area contributed by atoms with Crippen LogP contribution in [-0.4, -0.2) is 132 Å². The molecule has 88 heavy (non-hydrogen) atoms. The number of amides is 1. The van der Waals surface area contributed by atoms with E-state index in [0.717, 1.165) is 58.8 Å². The maximum absolute atomic E-state index is 15.9. The van der Waals surface area contributed by atoms with Gasteiger partial charge in [0.1, 0.15) is 42.7 Å². The number of unbranched alkanes of at least 4 members (excludes halogenated alkanes) is 11. The molecule has 2 saturated heterocycles. The van der Waals surface area contributed by atoms with Crippen molar-refractivity contribution in [3.8, 4) is 0 Å². The summed E-state index contributed by atoms with van der Waals surface area (Å²) in [5.74, 6) is -7.13. The number of nitrogens with one attached hydrogen (secondary N) is 1. The van der Waals surface area contributed by atoms with E-state index < -0.39 is 131 Å². The van der Waals surface area contributed by atoms with Gasteiger partial charge in [-0.05, 0) is 93.3 Å². The van der Waals surface area contributed by atoms with Crippen molar-refractivity contribution in [3.63, 3.8) is 0 Å². The minimum absolute atomic E-state index is 0.0405. The largest absolute Gasteiger partial charge is 0.509 e. The summed E-state index contributed by atoms with van der Waals surface area (Å²) in [5, 5.41) is 29.3. The highest BCUT2D eigenvalue weighted by Gasteiger charge is 2.78. The molecule has 478 valence electrons. The zero-order valence-corrected chi connectivity index (χ0v) is 51.9. The lowest BCUT2D eigenvalue weighted by Crippen LogP contribution is -2.82. The van der Waals surface area contributed by atoms with Crippen molar-refractivity contribution >= 4 is 41.7 Å². The van der Waals surface area contributed by atoms with Crippen molar-refractivity contribution in [2.24, 2.45) is 16.7 Å². The fraction of sp³-hybridized carbons (Fsp3) is 0.580. The molecule has 0 radical (unpaired) electrons. The second-order valence-corrected chi connectivity index (χ2v) is 24.9. The van der Waals surface area contributed by atoms with E-state index in [1.54, 1.807) is 92.7 Å². The molecule has 2 heterocycles. The van der Waals surface area contributed by atoms with Crippen LogP contribution in [0.3, 0.4) is 0 Å². The summed E-state index contributed by atoms with van der Waals surface area (Å²) < 4.78 is 54.7. The highest BCUT2D eigenvalue weighted by Crippen LogP contribution is 2.64. The molecule has 0 aromatic heterocycles. The lowest BCUT2D eigenvalue weighted by atomic mass is 9.44. The SMILES string of the molecule is CCCCCCCC/C=C\CCCCCCCC1OCC(COC(=O)O[C@@H](C(=O)O[C@H]2C[C@@]3(O)[C@@H](OC(=O)c4ccccc4)[C@@H]4[C@]5(OC(C)=O)CO[C@@H]5C[C@H](O)[C@@]4(C)C(=O)[C@H](OC(C)=O)C(=C2C)C3(C)C)[C@@H](NC(=O)c2ccccc2)c2ccccc2)O1. The summed E-state index contributed by atoms with van der Waals surface area (Å²) in [6.45, 7) is 9.94. The minimum atomic E-state index is -2.49. The average molecular weight is 1220 g/mol. The highest BCUT2D eigenvalue weighted by atomic mass is 16.8. The fourth-order valence-electron chi connectivity index (χ4n) is 13.7. The maximum Gasteiger partial charge on any atom is 0.509 e. The van der Waals surface area contributed by atoms with Crippen LogP contribution in [0.15, 0.2) is 114 Å². The smallest absolute Gasteiger partial charge is 0.455 e. The molecule has 19 heteroatoms. The van der Waals surface area contributed by atoms with Crippen molar-refractivity contribution in [2.75, 3.05) is 19.8 Å². The first-order valence-electron chi connectivity index (χ1n) is 31.4. The second-order valence-electron chi connectivity index (χ2n) is 24.9. The lowest BCUT2D eigenvalue weighted by molar-refractivity contribution is -0.346. The Morgan fingerprint density at radius 1 is 0.750 bits per heavy atom. The summed E-state index contributed by atoms with van der Waals surface area (Å²) in [4.78, 5) is 101. The Bertz CT molecular complexity index is 2950. The van der Waals surface area contributed by atoms with E-state index in [1.165, 1.54) is 64.5 Å². The van der Waals surface area contributed by atoms with Gasteiger partial charge in [0.05, 0.1) is 36.2 Å². The molecular formula is C69H89NO18. The number of benzene rings is 3. The van der Waals surface area contributed by atoms with Crippen molar-refractivity contribution < 1.29 is 86.4 Å². The zero-order chi connectivity index (χ0) is 63.2. The molecule has 0 spiro atoms. The van der Waals surface area contributed by atoms with Gasteiger partial charge in [0.25, 0.3) is 5.91 Å². The first-order chi connectivity index (χ1) is 42.2. The van der Waals surface area contributed by atoms with E-state index in [9.17, 15) is 34.2 Å². The number of carbonyl (C=O) groups excluding carboxylic acids is 7. The van der Waals surface area contributed by atoms with Gasteiger partial charge in [-0.2, -0.15) is 0 Å². The van der Waals surface area contributed by atoms with Crippen LogP contribution in [0.4, 0.5) is 4.79 Å². The number of esters is 4. The van der Waals surface area contributed by atoms with Gasteiger partial charge in [-0.15, -0.1) is 0 Å². The Hall–Kier alpha value is -6.77.